The Labute approximate surface area is 229 Å². The smallest absolute Gasteiger partial charge is 0.416 e. The number of nitrogens with zero attached hydrogens (tertiary/aromatic N) is 3. The maximum atomic E-state index is 13.6. The molecule has 2 heterocycles. The lowest BCUT2D eigenvalue weighted by molar-refractivity contribution is -0.270. The molecule has 0 spiro atoms. The molecule has 0 unspecified atom stereocenters. The summed E-state index contributed by atoms with van der Waals surface area (Å²) in [4.78, 5) is 26.3. The molecule has 0 saturated heterocycles. The summed E-state index contributed by atoms with van der Waals surface area (Å²) in [5, 5.41) is 18.7. The third-order valence-electron chi connectivity index (χ3n) is 5.62. The lowest BCUT2D eigenvalue weighted by atomic mass is 9.97. The Kier molecular flexibility index (Phi) is 8.65. The zero-order valence-electron chi connectivity index (χ0n) is 20.3. The molecule has 1 atom stereocenters. The molecule has 0 aliphatic rings. The van der Waals surface area contributed by atoms with Crippen LogP contribution in [0.15, 0.2) is 41.0 Å². The fourth-order valence-corrected chi connectivity index (χ4v) is 5.60. The molecular weight excluding hydrogens is 597 g/mol. The van der Waals surface area contributed by atoms with Gasteiger partial charge in [0.15, 0.2) is 0 Å². The summed E-state index contributed by atoms with van der Waals surface area (Å²) in [5.41, 5.74) is -0.652. The Morgan fingerprint density at radius 2 is 1.92 bits per heavy atom. The first-order valence-corrected chi connectivity index (χ1v) is 13.0. The molecule has 1 N–H and O–H groups in total. The number of hydrogen-bond acceptors (Lipinski definition) is 5. The SMILES string of the molecule is Cn1ncc(Br)c1-c1cc(C(=O)N[C@@H](Cc2ccccc2C(F)(F)F)CN(C(=O)[O-])C(C)(C)C)sc1Cl. The van der Waals surface area contributed by atoms with Crippen LogP contribution in [0.4, 0.5) is 18.0 Å². The third kappa shape index (κ3) is 6.85. The van der Waals surface area contributed by atoms with Gasteiger partial charge in [-0.05, 0) is 60.8 Å². The molecule has 7 nitrogen and oxygen atoms in total. The normalized spacial score (nSPS) is 12.9. The van der Waals surface area contributed by atoms with E-state index < -0.39 is 35.3 Å². The highest BCUT2D eigenvalue weighted by molar-refractivity contribution is 9.10. The second-order valence-corrected chi connectivity index (χ2v) is 11.8. The van der Waals surface area contributed by atoms with Crippen molar-refractivity contribution in [1.82, 2.24) is 20.0 Å². The zero-order valence-corrected chi connectivity index (χ0v) is 23.5. The number of alkyl halides is 3. The van der Waals surface area contributed by atoms with Crippen LogP contribution in [0.3, 0.4) is 0 Å². The van der Waals surface area contributed by atoms with Crippen LogP contribution in [0.2, 0.25) is 4.34 Å². The molecule has 0 aliphatic carbocycles. The van der Waals surface area contributed by atoms with Gasteiger partial charge in [-0.15, -0.1) is 11.3 Å². The maximum Gasteiger partial charge on any atom is 0.416 e. The number of carbonyl (C=O) groups is 2. The Hall–Kier alpha value is -2.57. The summed E-state index contributed by atoms with van der Waals surface area (Å²) in [6, 6.07) is 5.55. The predicted octanol–water partition coefficient (Wildman–Crippen LogP) is 5.37. The van der Waals surface area contributed by atoms with Crippen LogP contribution < -0.4 is 10.4 Å². The molecule has 200 valence electrons. The van der Waals surface area contributed by atoms with Crippen LogP contribution in [-0.4, -0.2) is 44.8 Å². The molecule has 3 aromatic rings. The van der Waals surface area contributed by atoms with E-state index in [0.717, 1.165) is 22.3 Å². The third-order valence-corrected chi connectivity index (χ3v) is 7.55. The average molecular weight is 621 g/mol. The number of nitrogens with one attached hydrogen (secondary N) is 1. The van der Waals surface area contributed by atoms with Crippen molar-refractivity contribution >= 4 is 50.9 Å². The Bertz CT molecular complexity index is 1280. The summed E-state index contributed by atoms with van der Waals surface area (Å²) in [5.74, 6) is -0.599. The molecule has 37 heavy (non-hydrogen) atoms. The van der Waals surface area contributed by atoms with Crippen molar-refractivity contribution < 1.29 is 27.9 Å². The van der Waals surface area contributed by atoms with Crippen molar-refractivity contribution in [2.75, 3.05) is 6.54 Å². The van der Waals surface area contributed by atoms with Crippen LogP contribution in [-0.2, 0) is 19.6 Å². The van der Waals surface area contributed by atoms with Gasteiger partial charge in [-0.1, -0.05) is 29.8 Å². The first-order chi connectivity index (χ1) is 17.1. The number of hydrogen-bond donors (Lipinski definition) is 1. The Morgan fingerprint density at radius 1 is 1.27 bits per heavy atom. The van der Waals surface area contributed by atoms with Gasteiger partial charge in [0.1, 0.15) is 10.4 Å². The van der Waals surface area contributed by atoms with E-state index in [4.69, 9.17) is 11.6 Å². The van der Waals surface area contributed by atoms with E-state index in [1.165, 1.54) is 18.2 Å². The van der Waals surface area contributed by atoms with Crippen molar-refractivity contribution in [1.29, 1.82) is 0 Å². The minimum Gasteiger partial charge on any atom is -0.530 e. The number of amides is 2. The highest BCUT2D eigenvalue weighted by Crippen LogP contribution is 2.39. The molecule has 1 aromatic carbocycles. The highest BCUT2D eigenvalue weighted by atomic mass is 79.9. The van der Waals surface area contributed by atoms with Gasteiger partial charge in [-0.2, -0.15) is 18.3 Å². The van der Waals surface area contributed by atoms with E-state index in [9.17, 15) is 27.9 Å². The van der Waals surface area contributed by atoms with Crippen molar-refractivity contribution in [2.24, 2.45) is 7.05 Å². The molecule has 0 radical (unpaired) electrons. The van der Waals surface area contributed by atoms with Gasteiger partial charge in [0, 0.05) is 24.7 Å². The van der Waals surface area contributed by atoms with Crippen molar-refractivity contribution in [2.45, 2.75) is 44.9 Å². The molecule has 3 rings (SSSR count). The van der Waals surface area contributed by atoms with Gasteiger partial charge in [0.2, 0.25) is 0 Å². The van der Waals surface area contributed by atoms with Gasteiger partial charge >= 0.3 is 6.18 Å². The largest absolute Gasteiger partial charge is 0.530 e. The van der Waals surface area contributed by atoms with Gasteiger partial charge < -0.3 is 20.1 Å². The number of carbonyl (C=O) groups excluding carboxylic acids is 2. The Morgan fingerprint density at radius 3 is 2.46 bits per heavy atom. The van der Waals surface area contributed by atoms with Gasteiger partial charge in [-0.25, -0.2) is 0 Å². The van der Waals surface area contributed by atoms with E-state index in [-0.39, 0.29) is 23.4 Å². The standard InChI is InChI=1S/C24H25BrClF3N4O3S/c1-23(2,3)33(22(35)36)12-14(9-13-7-5-6-8-16(13)24(27,28)29)31-21(34)18-10-15(20(26)37-18)19-17(25)11-30-32(19)4/h5-8,10-11,14H,9,12H2,1-4H3,(H,31,34)(H,35,36)/p-1/t14-/m0/s1. The number of halogens is 5. The quantitative estimate of drug-likeness (QED) is 0.385. The average Bonchev–Trinajstić information content (AvgIpc) is 3.31. The molecule has 0 fully saturated rings. The van der Waals surface area contributed by atoms with Gasteiger partial charge in [0.25, 0.3) is 5.91 Å². The molecule has 2 amide bonds. The Balaban J connectivity index is 1.96. The van der Waals surface area contributed by atoms with Gasteiger partial charge in [-0.3, -0.25) is 9.48 Å². The highest BCUT2D eigenvalue weighted by Gasteiger charge is 2.34. The lowest BCUT2D eigenvalue weighted by Crippen LogP contribution is -2.57. The molecule has 0 bridgehead atoms. The monoisotopic (exact) mass is 619 g/mol. The van der Waals surface area contributed by atoms with Gasteiger partial charge in [0.05, 0.1) is 32.8 Å². The number of benzene rings is 1. The van der Waals surface area contributed by atoms with Crippen LogP contribution in [0.5, 0.6) is 0 Å². The lowest BCUT2D eigenvalue weighted by Gasteiger charge is -2.40. The number of aryl methyl sites for hydroxylation is 1. The first-order valence-electron chi connectivity index (χ1n) is 11.0. The predicted molar refractivity (Wildman–Crippen MR) is 137 cm³/mol. The minimum absolute atomic E-state index is 0.0729. The molecule has 13 heteroatoms. The first kappa shape index (κ1) is 29.0. The van der Waals surface area contributed by atoms with E-state index in [1.54, 1.807) is 44.8 Å². The molecule has 0 saturated carbocycles. The van der Waals surface area contributed by atoms with E-state index >= 15 is 0 Å². The molecular formula is C24H24BrClF3N4O3S-. The summed E-state index contributed by atoms with van der Waals surface area (Å²) < 4.78 is 43.4. The topological polar surface area (TPSA) is 90.3 Å². The number of rotatable bonds is 7. The number of carboxylic acid groups (broad SMARTS) is 1. The van der Waals surface area contributed by atoms with E-state index in [0.29, 0.717) is 20.1 Å². The fraction of sp³-hybridized carbons (Fsp3) is 0.375. The van der Waals surface area contributed by atoms with Crippen molar-refractivity contribution in [3.05, 3.63) is 61.3 Å². The summed E-state index contributed by atoms with van der Waals surface area (Å²) >= 11 is 10.8. The number of aromatic nitrogens is 2. The molecule has 2 aromatic heterocycles. The summed E-state index contributed by atoms with van der Waals surface area (Å²) in [7, 11) is 1.71. The molecule has 0 aliphatic heterocycles. The summed E-state index contributed by atoms with van der Waals surface area (Å²) in [6.45, 7) is 4.59. The van der Waals surface area contributed by atoms with Crippen molar-refractivity contribution in [3.63, 3.8) is 0 Å². The fourth-order valence-electron chi connectivity index (χ4n) is 3.86. The second-order valence-electron chi connectivity index (χ2n) is 9.34. The minimum atomic E-state index is -4.62. The second kappa shape index (κ2) is 11.0. The van der Waals surface area contributed by atoms with Crippen LogP contribution >= 0.6 is 38.9 Å². The summed E-state index contributed by atoms with van der Waals surface area (Å²) in [6.07, 6.45) is -4.80. The zero-order chi connectivity index (χ0) is 27.7. The van der Waals surface area contributed by atoms with Crippen LogP contribution in [0.25, 0.3) is 11.3 Å². The van der Waals surface area contributed by atoms with Crippen LogP contribution in [0, 0.1) is 0 Å². The van der Waals surface area contributed by atoms with E-state index in [1.807, 2.05) is 0 Å². The number of thiophene rings is 1. The van der Waals surface area contributed by atoms with Crippen LogP contribution in [0.1, 0.15) is 41.6 Å². The maximum absolute atomic E-state index is 13.6. The van der Waals surface area contributed by atoms with E-state index in [2.05, 4.69) is 26.3 Å². The van der Waals surface area contributed by atoms with Crippen molar-refractivity contribution in [3.8, 4) is 11.3 Å².